The van der Waals surface area contributed by atoms with Gasteiger partial charge >= 0.3 is 6.09 Å². The van der Waals surface area contributed by atoms with Crippen LogP contribution in [-0.2, 0) is 16.0 Å². The lowest BCUT2D eigenvalue weighted by Crippen LogP contribution is -2.45. The van der Waals surface area contributed by atoms with E-state index in [1.165, 1.54) is 0 Å². The van der Waals surface area contributed by atoms with Crippen LogP contribution < -0.4 is 4.90 Å². The predicted molar refractivity (Wildman–Crippen MR) is 226 cm³/mol. The maximum Gasteiger partial charge on any atom is 0.410 e. The molecular weight excluding hydrogens is 774 g/mol. The molecule has 2 bridgehead atoms. The van der Waals surface area contributed by atoms with Gasteiger partial charge in [0.15, 0.2) is 5.82 Å². The molecule has 58 heavy (non-hydrogen) atoms. The molecule has 0 N–H and O–H groups in total. The first-order chi connectivity index (χ1) is 27.8. The molecular formula is C46H47Cl2FN6O3. The normalized spacial score (nSPS) is 21.9. The molecule has 4 atom stereocenters. The van der Waals surface area contributed by atoms with Gasteiger partial charge in [0.25, 0.3) is 0 Å². The number of amides is 2. The zero-order valence-electron chi connectivity index (χ0n) is 33.3. The fraction of sp³-hybridized carbons (Fsp3) is 0.435. The molecule has 300 valence electrons. The van der Waals surface area contributed by atoms with Crippen molar-refractivity contribution in [2.45, 2.75) is 89.9 Å². The van der Waals surface area contributed by atoms with Gasteiger partial charge in [-0.1, -0.05) is 53.5 Å². The van der Waals surface area contributed by atoms with Gasteiger partial charge in [-0.05, 0) is 95.7 Å². The molecule has 0 spiro atoms. The summed E-state index contributed by atoms with van der Waals surface area (Å²) >= 11 is 13.2. The van der Waals surface area contributed by atoms with Gasteiger partial charge in [0.05, 0.1) is 39.8 Å². The zero-order chi connectivity index (χ0) is 40.6. The lowest BCUT2D eigenvalue weighted by atomic mass is 9.79. The molecule has 5 aliphatic rings. The smallest absolute Gasteiger partial charge is 0.410 e. The van der Waals surface area contributed by atoms with Gasteiger partial charge < -0.3 is 24.0 Å². The highest BCUT2D eigenvalue weighted by atomic mass is 35.5. The van der Waals surface area contributed by atoms with E-state index in [-0.39, 0.29) is 70.9 Å². The SMILES string of the molecule is Cc1nc2c(F)c(-c3cccc(Cl)c3Cl)c(CCC#N)cc2c2c1cc([C@H]1CCN(c3ccccc3)CCN1C(=O)C1CC1)n2[C@H]1[C@@H]2C[C@H]1N(C(=O)OC(C)(C)C)C2. The number of ether oxygens (including phenoxy) is 1. The highest BCUT2D eigenvalue weighted by molar-refractivity contribution is 6.43. The van der Waals surface area contributed by atoms with Crippen molar-refractivity contribution in [3.63, 3.8) is 0 Å². The molecule has 2 saturated carbocycles. The van der Waals surface area contributed by atoms with E-state index in [1.54, 1.807) is 18.2 Å². The van der Waals surface area contributed by atoms with Crippen LogP contribution in [0.25, 0.3) is 32.9 Å². The van der Waals surface area contributed by atoms with Gasteiger partial charge in [0.2, 0.25) is 5.91 Å². The van der Waals surface area contributed by atoms with E-state index < -0.39 is 11.4 Å². The summed E-state index contributed by atoms with van der Waals surface area (Å²) in [6, 6.07) is 21.3. The fourth-order valence-electron chi connectivity index (χ4n) is 9.73. The Labute approximate surface area is 348 Å². The van der Waals surface area contributed by atoms with E-state index in [2.05, 4.69) is 38.6 Å². The van der Waals surface area contributed by atoms with Gasteiger partial charge in [0, 0.05) is 83.4 Å². The van der Waals surface area contributed by atoms with Crippen molar-refractivity contribution in [3.8, 4) is 17.2 Å². The number of aromatic nitrogens is 2. The van der Waals surface area contributed by atoms with Crippen molar-refractivity contribution in [3.05, 3.63) is 93.5 Å². The van der Waals surface area contributed by atoms with Crippen molar-refractivity contribution in [2.75, 3.05) is 31.1 Å². The summed E-state index contributed by atoms with van der Waals surface area (Å²) in [5.74, 6) is -0.207. The molecule has 0 radical (unpaired) electrons. The van der Waals surface area contributed by atoms with Crippen LogP contribution in [0.1, 0.15) is 81.9 Å². The third kappa shape index (κ3) is 6.64. The number of carbonyl (C=O) groups excluding carboxylic acids is 2. The second kappa shape index (κ2) is 14.8. The maximum atomic E-state index is 17.5. The minimum absolute atomic E-state index is 0.0175. The largest absolute Gasteiger partial charge is 0.444 e. The maximum absolute atomic E-state index is 17.5. The van der Waals surface area contributed by atoms with Crippen molar-refractivity contribution in [1.82, 2.24) is 19.4 Å². The van der Waals surface area contributed by atoms with Crippen molar-refractivity contribution >= 4 is 62.7 Å². The summed E-state index contributed by atoms with van der Waals surface area (Å²) in [5, 5.41) is 11.8. The van der Waals surface area contributed by atoms with Crippen LogP contribution >= 0.6 is 23.2 Å². The van der Waals surface area contributed by atoms with Crippen LogP contribution in [0.2, 0.25) is 10.0 Å². The minimum Gasteiger partial charge on any atom is -0.444 e. The summed E-state index contributed by atoms with van der Waals surface area (Å²) in [4.78, 5) is 39.3. The number of hydrogen-bond acceptors (Lipinski definition) is 6. The lowest BCUT2D eigenvalue weighted by Gasteiger charge is -2.41. The predicted octanol–water partition coefficient (Wildman–Crippen LogP) is 10.4. The highest BCUT2D eigenvalue weighted by Crippen LogP contribution is 2.54. The zero-order valence-corrected chi connectivity index (χ0v) is 34.8. The first kappa shape index (κ1) is 38.7. The van der Waals surface area contributed by atoms with Gasteiger partial charge in [-0.25, -0.2) is 14.2 Å². The van der Waals surface area contributed by atoms with Gasteiger partial charge in [0.1, 0.15) is 11.1 Å². The molecule has 12 heteroatoms. The number of nitriles is 1. The third-order valence-corrected chi connectivity index (χ3v) is 13.4. The molecule has 2 amide bonds. The number of para-hydroxylation sites is 1. The van der Waals surface area contributed by atoms with Crippen LogP contribution in [0.3, 0.4) is 0 Å². The molecule has 2 aromatic heterocycles. The van der Waals surface area contributed by atoms with E-state index in [9.17, 15) is 14.9 Å². The number of aryl methyl sites for hydroxylation is 2. The summed E-state index contributed by atoms with van der Waals surface area (Å²) < 4.78 is 25.7. The van der Waals surface area contributed by atoms with Crippen molar-refractivity contribution in [2.24, 2.45) is 11.8 Å². The Morgan fingerprint density at radius 1 is 0.983 bits per heavy atom. The standard InChI is InChI=1S/C46H47Cl2FN6O3/c1-26-32-24-36(35-17-19-52(30-11-6-5-7-12-30)20-21-53(35)44(56)27-15-16-27)55(42-29-23-37(42)54(25-29)45(57)58-46(2,3)4)43(32)33-22-28(10-9-18-50)38(40(49)41(33)51-26)31-13-8-14-34(47)39(31)48/h5-8,11-14,22,24,27,29,35,37,42H,9-10,15-17,19-21,23,25H2,1-4H3/t29-,35-,37-,42+/m1/s1. The lowest BCUT2D eigenvalue weighted by molar-refractivity contribution is -0.135. The number of pyridine rings is 1. The number of benzene rings is 3. The molecule has 9 nitrogen and oxygen atoms in total. The summed E-state index contributed by atoms with van der Waals surface area (Å²) in [7, 11) is 0. The number of fused-ring (bicyclic) bond motifs is 4. The Balaban J connectivity index is 1.28. The molecule has 5 aromatic rings. The number of rotatable bonds is 7. The molecule has 10 rings (SSSR count). The van der Waals surface area contributed by atoms with Gasteiger partial charge in [-0.2, -0.15) is 5.26 Å². The average molecular weight is 822 g/mol. The average Bonchev–Trinajstić information content (AvgIpc) is 3.76. The van der Waals surface area contributed by atoms with Crippen LogP contribution in [0, 0.1) is 35.9 Å². The molecule has 5 heterocycles. The number of carbonyl (C=O) groups is 2. The van der Waals surface area contributed by atoms with Crippen molar-refractivity contribution < 1.29 is 18.7 Å². The molecule has 3 aromatic carbocycles. The number of hydrogen-bond donors (Lipinski definition) is 0. The quantitative estimate of drug-likeness (QED) is 0.162. The third-order valence-electron chi connectivity index (χ3n) is 12.6. The van der Waals surface area contributed by atoms with E-state index in [0.717, 1.165) is 48.1 Å². The second-order valence-electron chi connectivity index (χ2n) is 17.4. The van der Waals surface area contributed by atoms with Gasteiger partial charge in [-0.15, -0.1) is 0 Å². The monoisotopic (exact) mass is 820 g/mol. The Morgan fingerprint density at radius 3 is 2.48 bits per heavy atom. The molecule has 2 aliphatic carbocycles. The molecule has 5 fully saturated rings. The van der Waals surface area contributed by atoms with E-state index in [1.807, 2.05) is 56.9 Å². The van der Waals surface area contributed by atoms with Crippen LogP contribution in [-0.4, -0.2) is 69.2 Å². The number of halogens is 3. The van der Waals surface area contributed by atoms with Crippen LogP contribution in [0.4, 0.5) is 14.9 Å². The molecule has 0 unspecified atom stereocenters. The summed E-state index contributed by atoms with van der Waals surface area (Å²) in [6.45, 7) is 10.1. The Morgan fingerprint density at radius 2 is 1.76 bits per heavy atom. The number of nitrogens with zero attached hydrogens (tertiary/aromatic N) is 6. The van der Waals surface area contributed by atoms with Gasteiger partial charge in [-0.3, -0.25) is 4.79 Å². The summed E-state index contributed by atoms with van der Waals surface area (Å²) in [6.07, 6.45) is 3.40. The number of anilines is 1. The van der Waals surface area contributed by atoms with E-state index in [0.29, 0.717) is 53.3 Å². The minimum atomic E-state index is -0.653. The first-order valence-electron chi connectivity index (χ1n) is 20.4. The Bertz CT molecular complexity index is 2510. The van der Waals surface area contributed by atoms with Crippen molar-refractivity contribution in [1.29, 1.82) is 5.26 Å². The van der Waals surface area contributed by atoms with Crippen LogP contribution in [0.15, 0.2) is 60.7 Å². The van der Waals surface area contributed by atoms with E-state index in [4.69, 9.17) is 32.9 Å². The Hall–Kier alpha value is -4.85. The first-order valence-corrected chi connectivity index (χ1v) is 21.2. The molecule has 3 aliphatic heterocycles. The van der Waals surface area contributed by atoms with Crippen LogP contribution in [0.5, 0.6) is 0 Å². The highest BCUT2D eigenvalue weighted by Gasteiger charge is 2.57. The molecule has 3 saturated heterocycles. The topological polar surface area (TPSA) is 94.7 Å². The second-order valence-corrected chi connectivity index (χ2v) is 18.2. The van der Waals surface area contributed by atoms with E-state index >= 15 is 4.39 Å². The fourth-order valence-corrected chi connectivity index (χ4v) is 10.1. The Kier molecular flexibility index (Phi) is 9.84. The summed E-state index contributed by atoms with van der Waals surface area (Å²) in [5.41, 5.74) is 4.47.